The maximum absolute atomic E-state index is 14.0. The fraction of sp³-hybridized carbons (Fsp3) is 0.250. The first-order valence-electron chi connectivity index (χ1n) is 9.06. The van der Waals surface area contributed by atoms with Gasteiger partial charge in [0, 0.05) is 44.3 Å². The van der Waals surface area contributed by atoms with Crippen LogP contribution in [0.15, 0.2) is 53.6 Å². The summed E-state index contributed by atoms with van der Waals surface area (Å²) in [5.74, 6) is -0.308. The topological polar surface area (TPSA) is 53.5 Å². The van der Waals surface area contributed by atoms with E-state index in [4.69, 9.17) is 23.2 Å². The number of benzene rings is 2. The summed E-state index contributed by atoms with van der Waals surface area (Å²) in [5, 5.41) is 0.991. The maximum Gasteiger partial charge on any atom is 0.244 e. The molecular formula is C20H18Cl2FN3O2S. The van der Waals surface area contributed by atoms with Crippen molar-refractivity contribution in [3.63, 3.8) is 0 Å². The number of rotatable bonds is 4. The Bertz CT molecular complexity index is 1170. The van der Waals surface area contributed by atoms with Gasteiger partial charge in [0.05, 0.1) is 15.6 Å². The fourth-order valence-corrected chi connectivity index (χ4v) is 5.70. The van der Waals surface area contributed by atoms with Crippen LogP contribution in [0.2, 0.25) is 10.0 Å². The molecule has 2 aromatic carbocycles. The first-order valence-corrected chi connectivity index (χ1v) is 11.3. The fourth-order valence-electron chi connectivity index (χ4n) is 3.54. The summed E-state index contributed by atoms with van der Waals surface area (Å²) in [4.78, 5) is 6.48. The molecule has 0 saturated carbocycles. The zero-order valence-corrected chi connectivity index (χ0v) is 17.7. The minimum absolute atomic E-state index is 0.0143. The molecule has 152 valence electrons. The number of nitrogens with zero attached hydrogens (tertiary/aromatic N) is 3. The van der Waals surface area contributed by atoms with Crippen molar-refractivity contribution in [1.29, 1.82) is 0 Å². The standard InChI is InChI=1S/C20H18Cl2FN3O2S/c21-17-4-1-5-18(19(17)22)29(27,28)26-9-7-25(8-10-26)13-15-12-16(23)11-14-3-2-6-24-20(14)15/h1-6,11-12H,7-10,13H2. The van der Waals surface area contributed by atoms with Crippen molar-refractivity contribution in [2.24, 2.45) is 0 Å². The summed E-state index contributed by atoms with van der Waals surface area (Å²) in [5.41, 5.74) is 1.55. The first-order chi connectivity index (χ1) is 13.9. The van der Waals surface area contributed by atoms with Crippen molar-refractivity contribution >= 4 is 44.1 Å². The lowest BCUT2D eigenvalue weighted by Crippen LogP contribution is -2.48. The molecule has 1 saturated heterocycles. The molecule has 9 heteroatoms. The van der Waals surface area contributed by atoms with Gasteiger partial charge in [0.25, 0.3) is 0 Å². The lowest BCUT2D eigenvalue weighted by molar-refractivity contribution is 0.182. The summed E-state index contributed by atoms with van der Waals surface area (Å²) in [7, 11) is -3.73. The molecule has 1 aliphatic heterocycles. The number of aromatic nitrogens is 1. The number of fused-ring (bicyclic) bond motifs is 1. The Morgan fingerprint density at radius 3 is 2.55 bits per heavy atom. The predicted molar refractivity (Wildman–Crippen MR) is 112 cm³/mol. The zero-order valence-electron chi connectivity index (χ0n) is 15.4. The number of pyridine rings is 1. The van der Waals surface area contributed by atoms with Gasteiger partial charge in [0.15, 0.2) is 0 Å². The SMILES string of the molecule is O=S(=O)(c1cccc(Cl)c1Cl)N1CCN(Cc2cc(F)cc3cccnc23)CC1. The van der Waals surface area contributed by atoms with Gasteiger partial charge in [-0.2, -0.15) is 4.31 Å². The molecule has 0 amide bonds. The highest BCUT2D eigenvalue weighted by atomic mass is 35.5. The van der Waals surface area contributed by atoms with Crippen molar-refractivity contribution in [2.75, 3.05) is 26.2 Å². The molecule has 3 aromatic rings. The summed E-state index contributed by atoms with van der Waals surface area (Å²) < 4.78 is 41.3. The highest BCUT2D eigenvalue weighted by Gasteiger charge is 2.30. The smallest absolute Gasteiger partial charge is 0.244 e. The van der Waals surface area contributed by atoms with Crippen LogP contribution in [-0.4, -0.2) is 48.8 Å². The van der Waals surface area contributed by atoms with Crippen LogP contribution >= 0.6 is 23.2 Å². The van der Waals surface area contributed by atoms with E-state index < -0.39 is 10.0 Å². The molecule has 1 fully saturated rings. The number of sulfonamides is 1. The molecule has 0 radical (unpaired) electrons. The number of halogens is 3. The van der Waals surface area contributed by atoms with E-state index in [0.717, 1.165) is 16.5 Å². The largest absolute Gasteiger partial charge is 0.296 e. The number of hydrogen-bond acceptors (Lipinski definition) is 4. The van der Waals surface area contributed by atoms with Crippen LogP contribution < -0.4 is 0 Å². The quantitative estimate of drug-likeness (QED) is 0.594. The molecule has 0 aliphatic carbocycles. The third-order valence-electron chi connectivity index (χ3n) is 5.01. The molecule has 29 heavy (non-hydrogen) atoms. The Hall–Kier alpha value is -1.77. The molecule has 4 rings (SSSR count). The molecular weight excluding hydrogens is 436 g/mol. The van der Waals surface area contributed by atoms with Crippen LogP contribution in [0, 0.1) is 5.82 Å². The van der Waals surface area contributed by atoms with Crippen molar-refractivity contribution in [2.45, 2.75) is 11.4 Å². The van der Waals surface area contributed by atoms with Crippen LogP contribution in [0.25, 0.3) is 10.9 Å². The molecule has 0 bridgehead atoms. The van der Waals surface area contributed by atoms with Gasteiger partial charge >= 0.3 is 0 Å². The Morgan fingerprint density at radius 2 is 1.79 bits per heavy atom. The van der Waals surface area contributed by atoms with Crippen LogP contribution in [0.1, 0.15) is 5.56 Å². The van der Waals surface area contributed by atoms with Crippen LogP contribution in [-0.2, 0) is 16.6 Å². The molecule has 0 N–H and O–H groups in total. The van der Waals surface area contributed by atoms with Crippen molar-refractivity contribution < 1.29 is 12.8 Å². The summed E-state index contributed by atoms with van der Waals surface area (Å²) in [6.45, 7) is 2.15. The molecule has 1 aliphatic rings. The third kappa shape index (κ3) is 4.11. The summed E-state index contributed by atoms with van der Waals surface area (Å²) >= 11 is 12.1. The van der Waals surface area contributed by atoms with E-state index in [1.807, 2.05) is 6.07 Å². The summed E-state index contributed by atoms with van der Waals surface area (Å²) in [6.07, 6.45) is 1.68. The number of hydrogen-bond donors (Lipinski definition) is 0. The van der Waals surface area contributed by atoms with E-state index in [0.29, 0.717) is 32.7 Å². The molecule has 2 heterocycles. The second kappa shape index (κ2) is 8.16. The minimum Gasteiger partial charge on any atom is -0.296 e. The van der Waals surface area contributed by atoms with E-state index in [2.05, 4.69) is 9.88 Å². The Kier molecular flexibility index (Phi) is 5.77. The second-order valence-electron chi connectivity index (χ2n) is 6.87. The molecule has 0 atom stereocenters. The van der Waals surface area contributed by atoms with E-state index in [1.54, 1.807) is 24.4 Å². The van der Waals surface area contributed by atoms with Gasteiger partial charge in [-0.05, 0) is 35.9 Å². The van der Waals surface area contributed by atoms with Gasteiger partial charge in [0.1, 0.15) is 10.7 Å². The van der Waals surface area contributed by atoms with E-state index in [9.17, 15) is 12.8 Å². The lowest BCUT2D eigenvalue weighted by atomic mass is 10.1. The van der Waals surface area contributed by atoms with E-state index >= 15 is 0 Å². The normalized spacial score (nSPS) is 16.4. The van der Waals surface area contributed by atoms with Gasteiger partial charge in [-0.25, -0.2) is 12.8 Å². The molecule has 1 aromatic heterocycles. The molecule has 0 spiro atoms. The van der Waals surface area contributed by atoms with Gasteiger partial charge in [-0.15, -0.1) is 0 Å². The van der Waals surface area contributed by atoms with Gasteiger partial charge < -0.3 is 0 Å². The van der Waals surface area contributed by atoms with Crippen LogP contribution in [0.4, 0.5) is 4.39 Å². The van der Waals surface area contributed by atoms with Crippen LogP contribution in [0.5, 0.6) is 0 Å². The summed E-state index contributed by atoms with van der Waals surface area (Å²) in [6, 6.07) is 11.1. The first kappa shape index (κ1) is 20.5. The van der Waals surface area contributed by atoms with E-state index in [-0.39, 0.29) is 20.8 Å². The monoisotopic (exact) mass is 453 g/mol. The zero-order chi connectivity index (χ0) is 20.6. The second-order valence-corrected chi connectivity index (χ2v) is 9.56. The van der Waals surface area contributed by atoms with E-state index in [1.165, 1.54) is 22.5 Å². The lowest BCUT2D eigenvalue weighted by Gasteiger charge is -2.34. The average Bonchev–Trinajstić information content (AvgIpc) is 2.70. The highest BCUT2D eigenvalue weighted by molar-refractivity contribution is 7.89. The van der Waals surface area contributed by atoms with Crippen molar-refractivity contribution in [3.05, 3.63) is 70.1 Å². The minimum atomic E-state index is -3.73. The van der Waals surface area contributed by atoms with Gasteiger partial charge in [-0.1, -0.05) is 35.3 Å². The molecule has 5 nitrogen and oxygen atoms in total. The highest BCUT2D eigenvalue weighted by Crippen LogP contribution is 2.31. The Labute approximate surface area is 178 Å². The third-order valence-corrected chi connectivity index (χ3v) is 7.88. The van der Waals surface area contributed by atoms with Crippen molar-refractivity contribution in [1.82, 2.24) is 14.2 Å². The van der Waals surface area contributed by atoms with Gasteiger partial charge in [-0.3, -0.25) is 9.88 Å². The average molecular weight is 454 g/mol. The molecule has 0 unspecified atom stereocenters. The van der Waals surface area contributed by atoms with Crippen molar-refractivity contribution in [3.8, 4) is 0 Å². The Morgan fingerprint density at radius 1 is 1.03 bits per heavy atom. The number of piperazine rings is 1. The van der Waals surface area contributed by atoms with Crippen LogP contribution in [0.3, 0.4) is 0 Å². The maximum atomic E-state index is 14.0. The Balaban J connectivity index is 1.50. The van der Waals surface area contributed by atoms with Gasteiger partial charge in [0.2, 0.25) is 10.0 Å². The predicted octanol–water partition coefficient (Wildman–Crippen LogP) is 4.19.